The minimum atomic E-state index is -3.89. The molecule has 14 nitrogen and oxygen atoms in total. The van der Waals surface area contributed by atoms with E-state index in [0.717, 1.165) is 61.1 Å². The summed E-state index contributed by atoms with van der Waals surface area (Å²) in [5.74, 6) is -2.18. The highest BCUT2D eigenvalue weighted by Gasteiger charge is 2.60. The first kappa shape index (κ1) is 47.8. The number of rotatable bonds is 13. The molecule has 16 heteroatoms. The summed E-state index contributed by atoms with van der Waals surface area (Å²) in [6.45, 7) is 8.22. The first-order valence-corrected chi connectivity index (χ1v) is 23.3. The second-order valence-electron chi connectivity index (χ2n) is 19.2. The Morgan fingerprint density at radius 1 is 1.00 bits per heavy atom. The summed E-state index contributed by atoms with van der Waals surface area (Å²) < 4.78 is 46.3. The van der Waals surface area contributed by atoms with Crippen LogP contribution in [0, 0.1) is 29.1 Å². The molecule has 67 heavy (non-hydrogen) atoms. The molecule has 1 aromatic heterocycles. The Hall–Kier alpha value is -5.68. The zero-order valence-corrected chi connectivity index (χ0v) is 37.9. The molecule has 5 fully saturated rings. The Kier molecular flexibility index (Phi) is 14.2. The summed E-state index contributed by atoms with van der Waals surface area (Å²) in [5.41, 5.74) is 10.3. The van der Waals surface area contributed by atoms with E-state index in [1.165, 1.54) is 18.4 Å². The van der Waals surface area contributed by atoms with Crippen LogP contribution in [0.15, 0.2) is 113 Å². The van der Waals surface area contributed by atoms with Crippen molar-refractivity contribution >= 4 is 29.4 Å². The standard InChI is InChI=1S/C51H61F2N5O9/c1-29(6-21-41(59)34-12-13-34)39-19-20-40-33(5-4-23-50(39,40)3)11-14-35-26-38(27-42(60)30(35)2)66-49(64)56-37-17-9-32(10-18-37)25-31-7-15-36(16-8-31)55-48(63)65-28-43-45(61)51(52,53)46(67-43)58-24-22-44(54)57-47(58)62/h6-11,14-18,21-22,24,29,34,38-43,45-46,59-61H,2,4-5,12-13,19-20,23,25-28H2,1,3H3,(H,55,63)(H,56,64)(H2,54,57,62)/b21-6+,33-11+,35-14-/t29-,38+,39?,40?,41?,42-,43?,45?,46?,50+/m0/s1. The Labute approximate surface area is 388 Å². The predicted octanol–water partition coefficient (Wildman–Crippen LogP) is 8.22. The number of alkyl halides is 2. The quantitative estimate of drug-likeness (QED) is 0.0901. The molecule has 358 valence electrons. The fourth-order valence-corrected chi connectivity index (χ4v) is 10.7. The molecule has 1 saturated heterocycles. The van der Waals surface area contributed by atoms with Gasteiger partial charge >= 0.3 is 23.8 Å². The lowest BCUT2D eigenvalue weighted by atomic mass is 9.61. The molecule has 1 aliphatic heterocycles. The van der Waals surface area contributed by atoms with E-state index in [2.05, 4.69) is 54.3 Å². The number of ether oxygens (including phenoxy) is 3. The number of nitrogens with two attached hydrogens (primary N) is 1. The van der Waals surface area contributed by atoms with Crippen LogP contribution >= 0.6 is 0 Å². The summed E-state index contributed by atoms with van der Waals surface area (Å²) in [6, 6.07) is 15.3. The van der Waals surface area contributed by atoms with Crippen LogP contribution in [-0.2, 0) is 20.6 Å². The minimum Gasteiger partial charge on any atom is -0.446 e. The number of hydrogen-bond acceptors (Lipinski definition) is 11. The number of benzene rings is 2. The van der Waals surface area contributed by atoms with Crippen molar-refractivity contribution in [3.63, 3.8) is 0 Å². The first-order valence-electron chi connectivity index (χ1n) is 23.3. The normalized spacial score (nSPS) is 30.3. The third kappa shape index (κ3) is 10.9. The monoisotopic (exact) mass is 925 g/mol. The third-order valence-electron chi connectivity index (χ3n) is 14.6. The van der Waals surface area contributed by atoms with E-state index in [-0.39, 0.29) is 23.8 Å². The summed E-state index contributed by atoms with van der Waals surface area (Å²) in [5, 5.41) is 36.9. The van der Waals surface area contributed by atoms with Gasteiger partial charge in [0.1, 0.15) is 24.6 Å². The number of nitrogen functional groups attached to an aromatic ring is 1. The number of amides is 2. The number of fused-ring (bicyclic) bond motifs is 1. The molecule has 4 aliphatic carbocycles. The second-order valence-corrected chi connectivity index (χ2v) is 19.2. The predicted molar refractivity (Wildman–Crippen MR) is 248 cm³/mol. The number of aliphatic hydroxyl groups is 3. The molecule has 2 amide bonds. The van der Waals surface area contributed by atoms with E-state index in [0.29, 0.717) is 58.0 Å². The van der Waals surface area contributed by atoms with E-state index >= 15 is 0 Å². The number of hydrogen-bond donors (Lipinski definition) is 6. The molecule has 0 spiro atoms. The molecule has 6 unspecified atom stereocenters. The van der Waals surface area contributed by atoms with Crippen LogP contribution < -0.4 is 22.1 Å². The Balaban J connectivity index is 0.790. The Bertz CT molecular complexity index is 2450. The van der Waals surface area contributed by atoms with Gasteiger partial charge < -0.3 is 35.3 Å². The van der Waals surface area contributed by atoms with Gasteiger partial charge in [-0.25, -0.2) is 14.4 Å². The molecular formula is C51H61F2N5O9. The number of aromatic nitrogens is 2. The van der Waals surface area contributed by atoms with E-state index < -0.39 is 61.0 Å². The van der Waals surface area contributed by atoms with Crippen molar-refractivity contribution in [2.75, 3.05) is 23.0 Å². The summed E-state index contributed by atoms with van der Waals surface area (Å²) in [7, 11) is 0. The first-order chi connectivity index (χ1) is 32.0. The Morgan fingerprint density at radius 3 is 2.33 bits per heavy atom. The van der Waals surface area contributed by atoms with Gasteiger partial charge in [0.15, 0.2) is 6.10 Å². The fraction of sp³-hybridized carbons (Fsp3) is 0.490. The molecule has 3 aromatic rings. The van der Waals surface area contributed by atoms with Crippen molar-refractivity contribution in [3.05, 3.63) is 130 Å². The van der Waals surface area contributed by atoms with Gasteiger partial charge in [0.05, 0.1) is 12.2 Å². The number of halogens is 2. The molecule has 0 radical (unpaired) electrons. The lowest BCUT2D eigenvalue weighted by molar-refractivity contribution is -0.140. The second kappa shape index (κ2) is 19.9. The summed E-state index contributed by atoms with van der Waals surface area (Å²) in [4.78, 5) is 41.1. The smallest absolute Gasteiger partial charge is 0.411 e. The highest BCUT2D eigenvalue weighted by Crippen LogP contribution is 2.59. The maximum atomic E-state index is 14.8. The molecule has 7 N–H and O–H groups in total. The van der Waals surface area contributed by atoms with Crippen molar-refractivity contribution in [2.24, 2.45) is 29.1 Å². The minimum absolute atomic E-state index is 0.168. The molecule has 8 rings (SSSR count). The van der Waals surface area contributed by atoms with Crippen molar-refractivity contribution in [2.45, 2.75) is 121 Å². The van der Waals surface area contributed by atoms with Crippen molar-refractivity contribution in [1.82, 2.24) is 9.55 Å². The molecule has 2 heterocycles. The van der Waals surface area contributed by atoms with Crippen LogP contribution in [0.1, 0.15) is 89.0 Å². The van der Waals surface area contributed by atoms with Gasteiger partial charge in [0.2, 0.25) is 6.23 Å². The van der Waals surface area contributed by atoms with Crippen LogP contribution in [0.4, 0.5) is 35.6 Å². The number of anilines is 3. The van der Waals surface area contributed by atoms with E-state index in [9.17, 15) is 38.5 Å². The van der Waals surface area contributed by atoms with Gasteiger partial charge in [0.25, 0.3) is 0 Å². The molecule has 5 aliphatic rings. The lowest BCUT2D eigenvalue weighted by Gasteiger charge is -2.44. The average Bonchev–Trinajstić information content (AvgIpc) is 4.04. The van der Waals surface area contributed by atoms with Gasteiger partial charge in [-0.2, -0.15) is 13.8 Å². The fourth-order valence-electron chi connectivity index (χ4n) is 10.7. The number of carbonyl (C=O) groups excluding carboxylic acids is 2. The zero-order valence-electron chi connectivity index (χ0n) is 37.9. The SMILES string of the molecule is C=C1/C(=C\C=C2/CCC[C@@]3(C)C2CCC3[C@@H](C)/C=C/C(O)C2CC2)C[C@@H](OC(=O)Nc2ccc(Cc3ccc(NC(=O)OCC4OC(n5ccc(N)nc5=O)C(F)(F)C4O)cc3)cc2)C[C@@H]1O. The topological polar surface area (TPSA) is 207 Å². The van der Waals surface area contributed by atoms with Gasteiger partial charge in [-0.3, -0.25) is 15.2 Å². The van der Waals surface area contributed by atoms with Gasteiger partial charge in [-0.15, -0.1) is 0 Å². The number of carbonyl (C=O) groups is 2. The van der Waals surface area contributed by atoms with Crippen LogP contribution in [0.25, 0.3) is 0 Å². The molecule has 10 atom stereocenters. The van der Waals surface area contributed by atoms with Crippen molar-refractivity contribution in [1.29, 1.82) is 0 Å². The number of nitrogens with zero attached hydrogens (tertiary/aromatic N) is 2. The molecule has 2 aromatic carbocycles. The van der Waals surface area contributed by atoms with E-state index in [1.807, 2.05) is 18.2 Å². The summed E-state index contributed by atoms with van der Waals surface area (Å²) >= 11 is 0. The number of nitrogens with one attached hydrogen (secondary N) is 2. The number of aliphatic hydroxyl groups excluding tert-OH is 3. The average molecular weight is 926 g/mol. The molecule has 0 bridgehead atoms. The maximum absolute atomic E-state index is 14.8. The van der Waals surface area contributed by atoms with Gasteiger partial charge in [-0.05, 0) is 133 Å². The molecular weight excluding hydrogens is 865 g/mol. The van der Waals surface area contributed by atoms with E-state index in [4.69, 9.17) is 19.9 Å². The van der Waals surface area contributed by atoms with Crippen molar-refractivity contribution < 1.29 is 47.9 Å². The maximum Gasteiger partial charge on any atom is 0.411 e. The van der Waals surface area contributed by atoms with Crippen LogP contribution in [0.2, 0.25) is 0 Å². The lowest BCUT2D eigenvalue weighted by Crippen LogP contribution is -2.42. The van der Waals surface area contributed by atoms with Crippen LogP contribution in [0.3, 0.4) is 0 Å². The molecule has 4 saturated carbocycles. The van der Waals surface area contributed by atoms with Gasteiger partial charge in [0, 0.05) is 30.4 Å². The summed E-state index contributed by atoms with van der Waals surface area (Å²) in [6.07, 6.45) is 9.30. The van der Waals surface area contributed by atoms with Gasteiger partial charge in [-0.1, -0.05) is 74.6 Å². The van der Waals surface area contributed by atoms with E-state index in [1.54, 1.807) is 36.4 Å². The van der Waals surface area contributed by atoms with Crippen LogP contribution in [0.5, 0.6) is 0 Å². The Morgan fingerprint density at radius 2 is 1.67 bits per heavy atom. The van der Waals surface area contributed by atoms with Crippen LogP contribution in [-0.4, -0.2) is 80.1 Å². The highest BCUT2D eigenvalue weighted by molar-refractivity contribution is 5.85. The largest absolute Gasteiger partial charge is 0.446 e. The third-order valence-corrected chi connectivity index (χ3v) is 14.6. The van der Waals surface area contributed by atoms with Crippen molar-refractivity contribution in [3.8, 4) is 0 Å². The highest BCUT2D eigenvalue weighted by atomic mass is 19.3. The number of allylic oxidation sites excluding steroid dienone is 4. The zero-order chi connectivity index (χ0) is 47.6.